The number of likely N-dealkylation sites (tertiary alicyclic amines) is 1. The quantitative estimate of drug-likeness (QED) is 0.325. The zero-order valence-electron chi connectivity index (χ0n) is 21.5. The van der Waals surface area contributed by atoms with E-state index in [1.807, 2.05) is 12.1 Å². The number of nitrogens with zero attached hydrogens (tertiary/aromatic N) is 2. The van der Waals surface area contributed by atoms with Gasteiger partial charge in [-0.1, -0.05) is 30.3 Å². The van der Waals surface area contributed by atoms with E-state index in [1.165, 1.54) is 43.3 Å². The predicted octanol–water partition coefficient (Wildman–Crippen LogP) is 4.22. The molecule has 206 valence electrons. The van der Waals surface area contributed by atoms with Gasteiger partial charge in [-0.2, -0.15) is 8.42 Å². The van der Waals surface area contributed by atoms with E-state index >= 15 is 0 Å². The average molecular weight is 580 g/mol. The molecule has 2 fully saturated rings. The summed E-state index contributed by atoms with van der Waals surface area (Å²) in [5, 5.41) is 3.37. The number of anilines is 1. The number of thioether (sulfide) groups is 1. The number of benzene rings is 3. The average Bonchev–Trinajstić information content (AvgIpc) is 3.55. The van der Waals surface area contributed by atoms with Crippen molar-refractivity contribution in [1.82, 2.24) is 9.80 Å². The van der Waals surface area contributed by atoms with Gasteiger partial charge in [0, 0.05) is 31.3 Å². The Balaban J connectivity index is 1.47. The summed E-state index contributed by atoms with van der Waals surface area (Å²) in [4.78, 5) is 52.2. The highest BCUT2D eigenvalue weighted by Crippen LogP contribution is 2.37. The molecule has 0 aliphatic carbocycles. The van der Waals surface area contributed by atoms with Crippen molar-refractivity contribution in [3.8, 4) is 5.75 Å². The number of fused-ring (bicyclic) bond motifs is 1. The van der Waals surface area contributed by atoms with Crippen molar-refractivity contribution in [2.45, 2.75) is 24.7 Å². The zero-order chi connectivity index (χ0) is 28.4. The van der Waals surface area contributed by atoms with Crippen molar-refractivity contribution < 1.29 is 31.8 Å². The molecule has 0 saturated carbocycles. The highest BCUT2D eigenvalue weighted by atomic mass is 32.2. The summed E-state index contributed by atoms with van der Waals surface area (Å²) in [7, 11) is -4.30. The minimum Gasteiger partial charge on any atom is -0.378 e. The van der Waals surface area contributed by atoms with Crippen LogP contribution in [0, 0.1) is 0 Å². The lowest BCUT2D eigenvalue weighted by atomic mass is 10.0. The fourth-order valence-electron chi connectivity index (χ4n) is 4.54. The molecule has 2 aliphatic rings. The minimum atomic E-state index is -4.30. The first kappa shape index (κ1) is 27.4. The molecule has 2 aliphatic heterocycles. The van der Waals surface area contributed by atoms with Crippen molar-refractivity contribution in [1.29, 1.82) is 0 Å². The fraction of sp³-hybridized carbons (Fsp3) is 0.214. The number of hydrogen-bond acceptors (Lipinski definition) is 8. The van der Waals surface area contributed by atoms with Gasteiger partial charge >= 0.3 is 10.1 Å². The molecule has 0 bridgehead atoms. The second-order valence-electron chi connectivity index (χ2n) is 9.30. The van der Waals surface area contributed by atoms with E-state index in [9.17, 15) is 27.6 Å². The first-order valence-corrected chi connectivity index (χ1v) is 14.7. The topological polar surface area (TPSA) is 130 Å². The molecule has 5 rings (SSSR count). The van der Waals surface area contributed by atoms with E-state index in [0.717, 1.165) is 23.1 Å². The van der Waals surface area contributed by atoms with Crippen LogP contribution in [0.15, 0.2) is 70.5 Å². The van der Waals surface area contributed by atoms with E-state index < -0.39 is 21.3 Å². The van der Waals surface area contributed by atoms with Gasteiger partial charge in [0.05, 0.1) is 4.91 Å². The van der Waals surface area contributed by atoms with Gasteiger partial charge in [-0.15, -0.1) is 0 Å². The Morgan fingerprint density at radius 2 is 1.70 bits per heavy atom. The Bertz CT molecular complexity index is 1660. The number of imide groups is 1. The third kappa shape index (κ3) is 5.73. The summed E-state index contributed by atoms with van der Waals surface area (Å²) < 4.78 is 31.9. The molecule has 10 nitrogen and oxygen atoms in total. The van der Waals surface area contributed by atoms with Crippen molar-refractivity contribution in [2.24, 2.45) is 0 Å². The molecule has 0 unspecified atom stereocenters. The first-order valence-electron chi connectivity index (χ1n) is 12.5. The summed E-state index contributed by atoms with van der Waals surface area (Å²) in [6, 6.07) is 15.8. The van der Waals surface area contributed by atoms with Gasteiger partial charge in [-0.05, 0) is 71.8 Å². The smallest absolute Gasteiger partial charge is 0.339 e. The molecule has 4 amide bonds. The van der Waals surface area contributed by atoms with Crippen LogP contribution in [0.5, 0.6) is 5.75 Å². The van der Waals surface area contributed by atoms with Crippen molar-refractivity contribution in [2.75, 3.05) is 25.0 Å². The van der Waals surface area contributed by atoms with Crippen molar-refractivity contribution in [3.05, 3.63) is 71.1 Å². The van der Waals surface area contributed by atoms with Crippen LogP contribution in [0.4, 0.5) is 10.5 Å². The molecule has 3 aromatic rings. The lowest BCUT2D eigenvalue weighted by Crippen LogP contribution is -2.40. The highest BCUT2D eigenvalue weighted by molar-refractivity contribution is 8.18. The Hall–Kier alpha value is -4.16. The van der Waals surface area contributed by atoms with Gasteiger partial charge in [-0.25, -0.2) is 0 Å². The number of carbonyl (C=O) groups is 4. The molecular formula is C28H25N3O7S2. The molecular weight excluding hydrogens is 554 g/mol. The fourth-order valence-corrected chi connectivity index (χ4v) is 6.31. The lowest BCUT2D eigenvalue weighted by molar-refractivity contribution is -0.135. The minimum absolute atomic E-state index is 0.0374. The highest BCUT2D eigenvalue weighted by Gasteiger charge is 2.38. The molecule has 2 saturated heterocycles. The number of rotatable bonds is 7. The Labute approximate surface area is 235 Å². The predicted molar refractivity (Wildman–Crippen MR) is 151 cm³/mol. The Morgan fingerprint density at radius 1 is 1.00 bits per heavy atom. The zero-order valence-corrected chi connectivity index (χ0v) is 23.1. The molecule has 12 heteroatoms. The molecule has 0 radical (unpaired) electrons. The first-order chi connectivity index (χ1) is 19.1. The van der Waals surface area contributed by atoms with Gasteiger partial charge in [0.2, 0.25) is 11.8 Å². The SMILES string of the molecule is CC(=O)Nc1ccc(S(=O)(=O)Oc2ccc3ccccc3c2/C=C2\SC(=O)N(CC(=O)N3CCCC3)C2=O)cc1. The lowest BCUT2D eigenvalue weighted by Gasteiger charge is -2.18. The molecule has 0 spiro atoms. The third-order valence-electron chi connectivity index (χ3n) is 6.49. The standard InChI is InChI=1S/C28H25N3O7S2/c1-18(32)29-20-9-11-21(12-10-20)40(36,37)38-24-13-8-19-6-2-3-7-22(19)23(24)16-25-27(34)31(28(35)39-25)17-26(33)30-14-4-5-15-30/h2-3,6-13,16H,4-5,14-15,17H2,1H3,(H,29,32)/b25-16-. The van der Waals surface area contributed by atoms with Gasteiger partial charge in [0.15, 0.2) is 5.75 Å². The molecule has 2 heterocycles. The number of amides is 4. The van der Waals surface area contributed by atoms with E-state index in [1.54, 1.807) is 23.1 Å². The summed E-state index contributed by atoms with van der Waals surface area (Å²) in [5.74, 6) is -1.24. The number of hydrogen-bond donors (Lipinski definition) is 1. The van der Waals surface area contributed by atoms with Crippen LogP contribution in [0.3, 0.4) is 0 Å². The van der Waals surface area contributed by atoms with E-state index in [0.29, 0.717) is 41.5 Å². The third-order valence-corrected chi connectivity index (χ3v) is 8.65. The monoisotopic (exact) mass is 579 g/mol. The number of nitrogens with one attached hydrogen (secondary N) is 1. The van der Waals surface area contributed by atoms with Crippen molar-refractivity contribution in [3.63, 3.8) is 0 Å². The molecule has 40 heavy (non-hydrogen) atoms. The maximum Gasteiger partial charge on any atom is 0.339 e. The van der Waals surface area contributed by atoms with Crippen LogP contribution in [0.1, 0.15) is 25.3 Å². The van der Waals surface area contributed by atoms with Crippen LogP contribution in [-0.2, 0) is 24.5 Å². The maximum atomic E-state index is 13.2. The van der Waals surface area contributed by atoms with E-state index in [4.69, 9.17) is 4.18 Å². The summed E-state index contributed by atoms with van der Waals surface area (Å²) in [5.41, 5.74) is 0.727. The van der Waals surface area contributed by atoms with Crippen LogP contribution in [-0.4, -0.2) is 60.8 Å². The molecule has 3 aromatic carbocycles. The molecule has 1 N–H and O–H groups in total. The van der Waals surface area contributed by atoms with Gasteiger partial charge in [0.1, 0.15) is 11.4 Å². The van der Waals surface area contributed by atoms with Gasteiger partial charge < -0.3 is 14.4 Å². The van der Waals surface area contributed by atoms with E-state index in [2.05, 4.69) is 5.32 Å². The Morgan fingerprint density at radius 3 is 2.40 bits per heavy atom. The number of carbonyl (C=O) groups excluding carboxylic acids is 4. The van der Waals surface area contributed by atoms with Gasteiger partial charge in [0.25, 0.3) is 11.1 Å². The van der Waals surface area contributed by atoms with Crippen molar-refractivity contribution >= 4 is 67.4 Å². The Kier molecular flexibility index (Phi) is 7.63. The van der Waals surface area contributed by atoms with Gasteiger partial charge in [-0.3, -0.25) is 24.1 Å². The molecule has 0 atom stereocenters. The summed E-state index contributed by atoms with van der Waals surface area (Å²) in [6.07, 6.45) is 3.21. The van der Waals surface area contributed by atoms with Crippen LogP contribution >= 0.6 is 11.8 Å². The van der Waals surface area contributed by atoms with Crippen LogP contribution in [0.25, 0.3) is 16.8 Å². The van der Waals surface area contributed by atoms with Crippen LogP contribution < -0.4 is 9.50 Å². The second-order valence-corrected chi connectivity index (χ2v) is 11.8. The normalized spacial score (nSPS) is 16.7. The summed E-state index contributed by atoms with van der Waals surface area (Å²) in [6.45, 7) is 2.21. The largest absolute Gasteiger partial charge is 0.378 e. The second kappa shape index (κ2) is 11.1. The maximum absolute atomic E-state index is 13.2. The summed E-state index contributed by atoms with van der Waals surface area (Å²) >= 11 is 0.687. The van der Waals surface area contributed by atoms with Crippen LogP contribution in [0.2, 0.25) is 0 Å². The van der Waals surface area contributed by atoms with E-state index in [-0.39, 0.29) is 33.9 Å². The molecule has 0 aromatic heterocycles.